The molecule has 1 fully saturated rings. The molecule has 0 aliphatic carbocycles. The number of hydrogen-bond acceptors (Lipinski definition) is 3. The Morgan fingerprint density at radius 1 is 1.35 bits per heavy atom. The van der Waals surface area contributed by atoms with Crippen molar-refractivity contribution in [1.29, 1.82) is 0 Å². The maximum Gasteiger partial charge on any atom is 0.119 e. The summed E-state index contributed by atoms with van der Waals surface area (Å²) < 4.78 is 5.64. The van der Waals surface area contributed by atoms with E-state index in [1.165, 1.54) is 18.4 Å². The summed E-state index contributed by atoms with van der Waals surface area (Å²) in [6.45, 7) is 8.38. The fourth-order valence-electron chi connectivity index (χ4n) is 3.19. The van der Waals surface area contributed by atoms with E-state index in [2.05, 4.69) is 36.9 Å². The number of likely N-dealkylation sites (tertiary alicyclic amines) is 1. The lowest BCUT2D eigenvalue weighted by Gasteiger charge is -2.36. The fraction of sp³-hybridized carbons (Fsp3) is 0.647. The minimum absolute atomic E-state index is 0.205. The summed E-state index contributed by atoms with van der Waals surface area (Å²) in [5, 5.41) is 0. The van der Waals surface area contributed by atoms with E-state index < -0.39 is 0 Å². The zero-order valence-electron chi connectivity index (χ0n) is 13.0. The molecule has 1 aromatic carbocycles. The van der Waals surface area contributed by atoms with E-state index in [-0.39, 0.29) is 6.04 Å². The van der Waals surface area contributed by atoms with Gasteiger partial charge in [-0.3, -0.25) is 4.90 Å². The summed E-state index contributed by atoms with van der Waals surface area (Å²) in [6, 6.07) is 9.48. The van der Waals surface area contributed by atoms with Crippen LogP contribution < -0.4 is 10.5 Å². The van der Waals surface area contributed by atoms with Crippen LogP contribution in [0.15, 0.2) is 24.3 Å². The molecule has 0 amide bonds. The Bertz CT molecular complexity index is 419. The SMILES string of the molecule is CCOc1cccc(C2C(N)CCCCN2C(C)C)c1. The Morgan fingerprint density at radius 2 is 2.15 bits per heavy atom. The third kappa shape index (κ3) is 3.53. The van der Waals surface area contributed by atoms with Gasteiger partial charge < -0.3 is 10.5 Å². The lowest BCUT2D eigenvalue weighted by atomic mass is 9.95. The Balaban J connectivity index is 2.31. The van der Waals surface area contributed by atoms with Gasteiger partial charge in [-0.1, -0.05) is 18.6 Å². The average molecular weight is 276 g/mol. The van der Waals surface area contributed by atoms with Gasteiger partial charge >= 0.3 is 0 Å². The van der Waals surface area contributed by atoms with Gasteiger partial charge in [0.15, 0.2) is 0 Å². The molecule has 3 heteroatoms. The van der Waals surface area contributed by atoms with E-state index in [9.17, 15) is 0 Å². The minimum atomic E-state index is 0.205. The summed E-state index contributed by atoms with van der Waals surface area (Å²) >= 11 is 0. The number of rotatable bonds is 4. The molecule has 1 aliphatic heterocycles. The van der Waals surface area contributed by atoms with Gasteiger partial charge in [-0.25, -0.2) is 0 Å². The van der Waals surface area contributed by atoms with Gasteiger partial charge in [0.25, 0.3) is 0 Å². The van der Waals surface area contributed by atoms with E-state index in [0.29, 0.717) is 18.7 Å². The molecule has 1 heterocycles. The summed E-state index contributed by atoms with van der Waals surface area (Å²) in [7, 11) is 0. The minimum Gasteiger partial charge on any atom is -0.494 e. The zero-order chi connectivity index (χ0) is 14.5. The van der Waals surface area contributed by atoms with Crippen LogP contribution in [0.4, 0.5) is 0 Å². The Labute approximate surface area is 123 Å². The molecule has 1 aliphatic rings. The van der Waals surface area contributed by atoms with Crippen LogP contribution in [0.2, 0.25) is 0 Å². The van der Waals surface area contributed by atoms with Crippen LogP contribution in [0, 0.1) is 0 Å². The molecule has 1 saturated heterocycles. The number of nitrogens with zero attached hydrogens (tertiary/aromatic N) is 1. The Kier molecular flexibility index (Phi) is 5.44. The molecule has 2 rings (SSSR count). The highest BCUT2D eigenvalue weighted by Gasteiger charge is 2.30. The predicted molar refractivity (Wildman–Crippen MR) is 84.0 cm³/mol. The van der Waals surface area contributed by atoms with E-state index >= 15 is 0 Å². The lowest BCUT2D eigenvalue weighted by Crippen LogP contribution is -2.43. The second-order valence-electron chi connectivity index (χ2n) is 5.94. The summed E-state index contributed by atoms with van der Waals surface area (Å²) in [5.74, 6) is 0.949. The van der Waals surface area contributed by atoms with Gasteiger partial charge in [-0.05, 0) is 57.9 Å². The first-order valence-electron chi connectivity index (χ1n) is 7.87. The molecule has 0 aromatic heterocycles. The highest BCUT2D eigenvalue weighted by molar-refractivity contribution is 5.31. The van der Waals surface area contributed by atoms with Gasteiger partial charge in [-0.2, -0.15) is 0 Å². The van der Waals surface area contributed by atoms with Crippen molar-refractivity contribution in [3.63, 3.8) is 0 Å². The van der Waals surface area contributed by atoms with E-state index in [1.54, 1.807) is 0 Å². The predicted octanol–water partition coefficient (Wildman–Crippen LogP) is 3.35. The van der Waals surface area contributed by atoms with Crippen molar-refractivity contribution in [2.24, 2.45) is 5.73 Å². The lowest BCUT2D eigenvalue weighted by molar-refractivity contribution is 0.144. The molecular formula is C17H28N2O. The molecule has 2 unspecified atom stereocenters. The van der Waals surface area contributed by atoms with Gasteiger partial charge in [0, 0.05) is 12.1 Å². The molecule has 1 aromatic rings. The van der Waals surface area contributed by atoms with Gasteiger partial charge in [0.1, 0.15) is 5.75 Å². The number of hydrogen-bond donors (Lipinski definition) is 1. The first-order valence-corrected chi connectivity index (χ1v) is 7.87. The van der Waals surface area contributed by atoms with Crippen LogP contribution in [0.1, 0.15) is 51.6 Å². The highest BCUT2D eigenvalue weighted by atomic mass is 16.5. The fourth-order valence-corrected chi connectivity index (χ4v) is 3.19. The third-order valence-corrected chi connectivity index (χ3v) is 4.14. The molecule has 2 atom stereocenters. The normalized spacial score (nSPS) is 24.6. The maximum absolute atomic E-state index is 6.48. The molecular weight excluding hydrogens is 248 g/mol. The van der Waals surface area contributed by atoms with Gasteiger partial charge in [-0.15, -0.1) is 0 Å². The average Bonchev–Trinajstić information content (AvgIpc) is 2.61. The van der Waals surface area contributed by atoms with Crippen molar-refractivity contribution in [3.8, 4) is 5.75 Å². The van der Waals surface area contributed by atoms with Crippen molar-refractivity contribution >= 4 is 0 Å². The van der Waals surface area contributed by atoms with E-state index in [4.69, 9.17) is 10.5 Å². The summed E-state index contributed by atoms with van der Waals surface area (Å²) in [5.41, 5.74) is 7.77. The number of ether oxygens (including phenoxy) is 1. The standard InChI is InChI=1S/C17H28N2O/c1-4-20-15-9-7-8-14(12-15)17-16(18)10-5-6-11-19(17)13(2)3/h7-9,12-13,16-17H,4-6,10-11,18H2,1-3H3. The van der Waals surface area contributed by atoms with Crippen molar-refractivity contribution < 1.29 is 4.74 Å². The molecule has 0 saturated carbocycles. The number of nitrogens with two attached hydrogens (primary N) is 1. The number of benzene rings is 1. The molecule has 112 valence electrons. The molecule has 3 nitrogen and oxygen atoms in total. The van der Waals surface area contributed by atoms with Crippen molar-refractivity contribution in [1.82, 2.24) is 4.90 Å². The third-order valence-electron chi connectivity index (χ3n) is 4.14. The molecule has 0 bridgehead atoms. The monoisotopic (exact) mass is 276 g/mol. The Hall–Kier alpha value is -1.06. The van der Waals surface area contributed by atoms with Gasteiger partial charge in [0.05, 0.1) is 12.6 Å². The van der Waals surface area contributed by atoms with Crippen LogP contribution in [-0.2, 0) is 0 Å². The van der Waals surface area contributed by atoms with Crippen molar-refractivity contribution in [3.05, 3.63) is 29.8 Å². The first-order chi connectivity index (χ1) is 9.63. The van der Waals surface area contributed by atoms with Gasteiger partial charge in [0.2, 0.25) is 0 Å². The van der Waals surface area contributed by atoms with Crippen LogP contribution in [0.25, 0.3) is 0 Å². The smallest absolute Gasteiger partial charge is 0.119 e. The molecule has 2 N–H and O–H groups in total. The topological polar surface area (TPSA) is 38.5 Å². The largest absolute Gasteiger partial charge is 0.494 e. The highest BCUT2D eigenvalue weighted by Crippen LogP contribution is 2.32. The van der Waals surface area contributed by atoms with Crippen molar-refractivity contribution in [2.45, 2.75) is 58.2 Å². The Morgan fingerprint density at radius 3 is 2.85 bits per heavy atom. The molecule has 0 radical (unpaired) electrons. The van der Waals surface area contributed by atoms with Crippen LogP contribution in [0.3, 0.4) is 0 Å². The second kappa shape index (κ2) is 7.09. The molecule has 20 heavy (non-hydrogen) atoms. The molecule has 0 spiro atoms. The van der Waals surface area contributed by atoms with Crippen LogP contribution in [-0.4, -0.2) is 30.1 Å². The maximum atomic E-state index is 6.48. The van der Waals surface area contributed by atoms with E-state index in [1.807, 2.05) is 13.0 Å². The van der Waals surface area contributed by atoms with Crippen LogP contribution >= 0.6 is 0 Å². The van der Waals surface area contributed by atoms with Crippen molar-refractivity contribution in [2.75, 3.05) is 13.2 Å². The van der Waals surface area contributed by atoms with E-state index in [0.717, 1.165) is 18.7 Å². The zero-order valence-corrected chi connectivity index (χ0v) is 13.0. The van der Waals surface area contributed by atoms with Crippen LogP contribution in [0.5, 0.6) is 5.75 Å². The second-order valence-corrected chi connectivity index (χ2v) is 5.94. The quantitative estimate of drug-likeness (QED) is 0.916. The first kappa shape index (κ1) is 15.3. The summed E-state index contributed by atoms with van der Waals surface area (Å²) in [6.07, 6.45) is 3.58. The summed E-state index contributed by atoms with van der Waals surface area (Å²) in [4.78, 5) is 2.54.